The lowest BCUT2D eigenvalue weighted by Gasteiger charge is -2.19. The Bertz CT molecular complexity index is 987. The highest BCUT2D eigenvalue weighted by atomic mass is 16.5. The van der Waals surface area contributed by atoms with E-state index < -0.39 is 0 Å². The minimum atomic E-state index is 0.0380. The highest BCUT2D eigenvalue weighted by molar-refractivity contribution is 5.76. The summed E-state index contributed by atoms with van der Waals surface area (Å²) in [6.07, 6.45) is 1.13. The quantitative estimate of drug-likeness (QED) is 0.571. The van der Waals surface area contributed by atoms with Crippen LogP contribution in [0.15, 0.2) is 53.1 Å². The molecule has 0 unspecified atom stereocenters. The summed E-state index contributed by atoms with van der Waals surface area (Å²) < 4.78 is 10.6. The fraction of sp³-hybridized carbons (Fsp3) is 0.375. The van der Waals surface area contributed by atoms with Gasteiger partial charge in [-0.05, 0) is 35.1 Å². The van der Waals surface area contributed by atoms with E-state index in [1.165, 1.54) is 5.56 Å². The van der Waals surface area contributed by atoms with Crippen LogP contribution in [0, 0.1) is 0 Å². The lowest BCUT2D eigenvalue weighted by molar-refractivity contribution is -0.130. The maximum atomic E-state index is 12.5. The standard InChI is InChI=1S/C24H29N3O3/c1-24(2,3)19-12-9-17(10-13-19)11-14-22(28)27(4)16-21-25-23(26-30-21)18-7-6-8-20(15-18)29-5/h6-10,12-13,15H,11,14,16H2,1-5H3. The van der Waals surface area contributed by atoms with Crippen LogP contribution in [0.1, 0.15) is 44.2 Å². The first-order chi connectivity index (χ1) is 14.3. The van der Waals surface area contributed by atoms with E-state index in [0.29, 0.717) is 24.6 Å². The van der Waals surface area contributed by atoms with Crippen LogP contribution in [-0.2, 0) is 23.2 Å². The molecule has 0 aliphatic rings. The lowest BCUT2D eigenvalue weighted by atomic mass is 9.86. The number of carbonyl (C=O) groups is 1. The SMILES string of the molecule is COc1cccc(-c2noc(CN(C)C(=O)CCc3ccc(C(C)(C)C)cc3)n2)c1. The third-order valence-corrected chi connectivity index (χ3v) is 5.04. The fourth-order valence-electron chi connectivity index (χ4n) is 3.10. The largest absolute Gasteiger partial charge is 0.497 e. The minimum Gasteiger partial charge on any atom is -0.497 e. The Labute approximate surface area is 177 Å². The molecule has 30 heavy (non-hydrogen) atoms. The van der Waals surface area contributed by atoms with Gasteiger partial charge in [0, 0.05) is 19.0 Å². The van der Waals surface area contributed by atoms with Gasteiger partial charge in [-0.1, -0.05) is 62.3 Å². The molecule has 0 saturated heterocycles. The first-order valence-corrected chi connectivity index (χ1v) is 10.1. The van der Waals surface area contributed by atoms with Crippen LogP contribution in [0.25, 0.3) is 11.4 Å². The normalized spacial score (nSPS) is 11.4. The Kier molecular flexibility index (Phi) is 6.55. The monoisotopic (exact) mass is 407 g/mol. The minimum absolute atomic E-state index is 0.0380. The molecular formula is C24H29N3O3. The third kappa shape index (κ3) is 5.47. The highest BCUT2D eigenvalue weighted by Gasteiger charge is 2.16. The zero-order valence-corrected chi connectivity index (χ0v) is 18.3. The number of methoxy groups -OCH3 is 1. The number of amides is 1. The predicted octanol–water partition coefficient (Wildman–Crippen LogP) is 4.63. The molecule has 3 aromatic rings. The van der Waals surface area contributed by atoms with Crippen LogP contribution >= 0.6 is 0 Å². The molecule has 0 aliphatic heterocycles. The lowest BCUT2D eigenvalue weighted by Crippen LogP contribution is -2.26. The van der Waals surface area contributed by atoms with Crippen LogP contribution in [0.4, 0.5) is 0 Å². The summed E-state index contributed by atoms with van der Waals surface area (Å²) in [5.41, 5.74) is 3.38. The van der Waals surface area contributed by atoms with Gasteiger partial charge in [-0.25, -0.2) is 0 Å². The third-order valence-electron chi connectivity index (χ3n) is 5.04. The van der Waals surface area contributed by atoms with Gasteiger partial charge in [0.25, 0.3) is 0 Å². The van der Waals surface area contributed by atoms with Crippen molar-refractivity contribution >= 4 is 5.91 Å². The fourth-order valence-corrected chi connectivity index (χ4v) is 3.10. The van der Waals surface area contributed by atoms with E-state index in [1.54, 1.807) is 19.1 Å². The summed E-state index contributed by atoms with van der Waals surface area (Å²) in [5.74, 6) is 1.64. The summed E-state index contributed by atoms with van der Waals surface area (Å²) in [5, 5.41) is 4.02. The molecule has 6 heteroatoms. The number of hydrogen-bond donors (Lipinski definition) is 0. The number of nitrogens with zero attached hydrogens (tertiary/aromatic N) is 3. The molecule has 3 rings (SSSR count). The van der Waals surface area contributed by atoms with Crippen molar-refractivity contribution in [2.45, 2.75) is 45.6 Å². The average Bonchev–Trinajstić information content (AvgIpc) is 3.20. The number of ether oxygens (including phenoxy) is 1. The van der Waals surface area contributed by atoms with E-state index in [4.69, 9.17) is 9.26 Å². The Balaban J connectivity index is 1.55. The zero-order chi connectivity index (χ0) is 21.7. The first kappa shape index (κ1) is 21.6. The van der Waals surface area contributed by atoms with Crippen molar-refractivity contribution in [2.75, 3.05) is 14.2 Å². The van der Waals surface area contributed by atoms with Crippen LogP contribution < -0.4 is 4.74 Å². The molecule has 2 aromatic carbocycles. The number of benzene rings is 2. The van der Waals surface area contributed by atoms with Crippen molar-refractivity contribution in [1.29, 1.82) is 0 Å². The summed E-state index contributed by atoms with van der Waals surface area (Å²) >= 11 is 0. The van der Waals surface area contributed by atoms with Gasteiger partial charge in [-0.15, -0.1) is 0 Å². The molecule has 0 bridgehead atoms. The first-order valence-electron chi connectivity index (χ1n) is 10.1. The van der Waals surface area contributed by atoms with E-state index in [2.05, 4.69) is 55.2 Å². The van der Waals surface area contributed by atoms with E-state index >= 15 is 0 Å². The number of aromatic nitrogens is 2. The van der Waals surface area contributed by atoms with E-state index in [9.17, 15) is 4.79 Å². The van der Waals surface area contributed by atoms with Gasteiger partial charge in [0.1, 0.15) is 5.75 Å². The van der Waals surface area contributed by atoms with E-state index in [1.807, 2.05) is 24.3 Å². The maximum Gasteiger partial charge on any atom is 0.246 e. The highest BCUT2D eigenvalue weighted by Crippen LogP contribution is 2.23. The average molecular weight is 408 g/mol. The molecule has 0 saturated carbocycles. The predicted molar refractivity (Wildman–Crippen MR) is 116 cm³/mol. The molecule has 1 aromatic heterocycles. The Hall–Kier alpha value is -3.15. The van der Waals surface area contributed by atoms with Gasteiger partial charge < -0.3 is 14.2 Å². The Morgan fingerprint density at radius 2 is 1.87 bits per heavy atom. The molecule has 6 nitrogen and oxygen atoms in total. The Morgan fingerprint density at radius 3 is 2.53 bits per heavy atom. The second-order valence-electron chi connectivity index (χ2n) is 8.44. The van der Waals surface area contributed by atoms with Crippen LogP contribution in [0.5, 0.6) is 5.75 Å². The van der Waals surface area contributed by atoms with Crippen molar-refractivity contribution < 1.29 is 14.1 Å². The summed E-state index contributed by atoms with van der Waals surface area (Å²) in [7, 11) is 3.36. The van der Waals surface area contributed by atoms with Crippen molar-refractivity contribution in [3.8, 4) is 17.1 Å². The summed E-state index contributed by atoms with van der Waals surface area (Å²) in [6.45, 7) is 6.85. The molecular weight excluding hydrogens is 378 g/mol. The van der Waals surface area contributed by atoms with Gasteiger partial charge in [0.05, 0.1) is 13.7 Å². The van der Waals surface area contributed by atoms with Gasteiger partial charge >= 0.3 is 0 Å². The topological polar surface area (TPSA) is 68.5 Å². The van der Waals surface area contributed by atoms with Crippen molar-refractivity contribution in [3.05, 3.63) is 65.5 Å². The maximum absolute atomic E-state index is 12.5. The number of hydrogen-bond acceptors (Lipinski definition) is 5. The molecule has 0 radical (unpaired) electrons. The number of aryl methyl sites for hydroxylation is 1. The Morgan fingerprint density at radius 1 is 1.13 bits per heavy atom. The zero-order valence-electron chi connectivity index (χ0n) is 18.3. The van der Waals surface area contributed by atoms with E-state index in [0.717, 1.165) is 16.9 Å². The van der Waals surface area contributed by atoms with Gasteiger partial charge in [-0.3, -0.25) is 4.79 Å². The molecule has 0 N–H and O–H groups in total. The molecule has 158 valence electrons. The van der Waals surface area contributed by atoms with Gasteiger partial charge in [-0.2, -0.15) is 4.98 Å². The molecule has 0 fully saturated rings. The smallest absolute Gasteiger partial charge is 0.246 e. The van der Waals surface area contributed by atoms with Crippen LogP contribution in [0.3, 0.4) is 0 Å². The van der Waals surface area contributed by atoms with Gasteiger partial charge in [0.15, 0.2) is 0 Å². The molecule has 1 heterocycles. The van der Waals surface area contributed by atoms with Gasteiger partial charge in [0.2, 0.25) is 17.6 Å². The van der Waals surface area contributed by atoms with Crippen LogP contribution in [0.2, 0.25) is 0 Å². The van der Waals surface area contributed by atoms with Crippen molar-refractivity contribution in [3.63, 3.8) is 0 Å². The van der Waals surface area contributed by atoms with Crippen molar-refractivity contribution in [1.82, 2.24) is 15.0 Å². The molecule has 0 spiro atoms. The van der Waals surface area contributed by atoms with Crippen molar-refractivity contribution in [2.24, 2.45) is 0 Å². The summed E-state index contributed by atoms with van der Waals surface area (Å²) in [4.78, 5) is 18.5. The second kappa shape index (κ2) is 9.11. The second-order valence-corrected chi connectivity index (χ2v) is 8.44. The molecule has 0 atom stereocenters. The number of carbonyl (C=O) groups excluding carboxylic acids is 1. The van der Waals surface area contributed by atoms with Crippen LogP contribution in [-0.4, -0.2) is 35.1 Å². The molecule has 0 aliphatic carbocycles. The summed E-state index contributed by atoms with van der Waals surface area (Å²) in [6, 6.07) is 15.9. The number of rotatable bonds is 7. The van der Waals surface area contributed by atoms with E-state index in [-0.39, 0.29) is 17.9 Å². The molecule has 1 amide bonds.